The Morgan fingerprint density at radius 2 is 2.25 bits per heavy atom. The highest BCUT2D eigenvalue weighted by Crippen LogP contribution is 2.31. The van der Waals surface area contributed by atoms with E-state index < -0.39 is 0 Å². The van der Waals surface area contributed by atoms with Crippen molar-refractivity contribution in [2.75, 3.05) is 6.61 Å². The molecule has 1 saturated heterocycles. The minimum absolute atomic E-state index is 0.149. The Kier molecular flexibility index (Phi) is 3.13. The van der Waals surface area contributed by atoms with Crippen molar-refractivity contribution >= 4 is 0 Å². The molecule has 0 unspecified atom stereocenters. The van der Waals surface area contributed by atoms with E-state index >= 15 is 0 Å². The van der Waals surface area contributed by atoms with Gasteiger partial charge in [0.2, 0.25) is 0 Å². The van der Waals surface area contributed by atoms with Crippen LogP contribution in [0.3, 0.4) is 0 Å². The normalized spacial score (nSPS) is 37.2. The fraction of sp³-hybridized carbons (Fsp3) is 1.00. The van der Waals surface area contributed by atoms with E-state index in [9.17, 15) is 0 Å². The largest absolute Gasteiger partial charge is 0.393 e. The van der Waals surface area contributed by atoms with Crippen LogP contribution in [0.1, 0.15) is 40.0 Å². The standard InChI is InChI=1S/C10H20O2/c1-8(2)9-5-4-6-10(3,7-11)12-9/h8-9,11H,4-7H2,1-3H3/t9-,10-/m1/s1. The summed E-state index contributed by atoms with van der Waals surface area (Å²) in [6.07, 6.45) is 3.66. The zero-order chi connectivity index (χ0) is 9.19. The molecule has 0 aliphatic carbocycles. The van der Waals surface area contributed by atoms with Crippen molar-refractivity contribution in [3.05, 3.63) is 0 Å². The summed E-state index contributed by atoms with van der Waals surface area (Å²) in [4.78, 5) is 0. The van der Waals surface area contributed by atoms with E-state index in [1.807, 2.05) is 6.92 Å². The minimum Gasteiger partial charge on any atom is -0.393 e. The number of aliphatic hydroxyl groups excluding tert-OH is 1. The van der Waals surface area contributed by atoms with Crippen LogP contribution in [0.4, 0.5) is 0 Å². The van der Waals surface area contributed by atoms with Gasteiger partial charge in [-0.2, -0.15) is 0 Å². The van der Waals surface area contributed by atoms with Crippen LogP contribution >= 0.6 is 0 Å². The Hall–Kier alpha value is -0.0800. The molecule has 2 heteroatoms. The second-order valence-electron chi connectivity index (χ2n) is 4.40. The van der Waals surface area contributed by atoms with Gasteiger partial charge in [-0.25, -0.2) is 0 Å². The van der Waals surface area contributed by atoms with Crippen LogP contribution in [0.25, 0.3) is 0 Å². The molecule has 0 aromatic rings. The van der Waals surface area contributed by atoms with E-state index in [1.54, 1.807) is 0 Å². The first-order valence-corrected chi connectivity index (χ1v) is 4.86. The second-order valence-corrected chi connectivity index (χ2v) is 4.40. The van der Waals surface area contributed by atoms with E-state index in [1.165, 1.54) is 6.42 Å². The lowest BCUT2D eigenvalue weighted by atomic mass is 9.90. The summed E-state index contributed by atoms with van der Waals surface area (Å²) >= 11 is 0. The summed E-state index contributed by atoms with van der Waals surface area (Å²) < 4.78 is 5.83. The number of ether oxygens (including phenoxy) is 1. The first-order valence-electron chi connectivity index (χ1n) is 4.86. The molecule has 0 aromatic carbocycles. The highest BCUT2D eigenvalue weighted by atomic mass is 16.5. The highest BCUT2D eigenvalue weighted by Gasteiger charge is 2.33. The number of aliphatic hydroxyl groups is 1. The predicted molar refractivity (Wildman–Crippen MR) is 49.1 cm³/mol. The molecule has 0 saturated carbocycles. The van der Waals surface area contributed by atoms with Crippen molar-refractivity contribution in [2.24, 2.45) is 5.92 Å². The van der Waals surface area contributed by atoms with Crippen LogP contribution in [-0.2, 0) is 4.74 Å². The lowest BCUT2D eigenvalue weighted by molar-refractivity contribution is -0.152. The minimum atomic E-state index is -0.271. The summed E-state index contributed by atoms with van der Waals surface area (Å²) in [5, 5.41) is 9.12. The molecule has 0 aromatic heterocycles. The van der Waals surface area contributed by atoms with Crippen molar-refractivity contribution in [1.82, 2.24) is 0 Å². The Labute approximate surface area is 74.9 Å². The number of rotatable bonds is 2. The van der Waals surface area contributed by atoms with Crippen LogP contribution in [0.5, 0.6) is 0 Å². The van der Waals surface area contributed by atoms with E-state index in [-0.39, 0.29) is 12.2 Å². The molecule has 0 amide bonds. The molecule has 1 aliphatic heterocycles. The molecular weight excluding hydrogens is 152 g/mol. The van der Waals surface area contributed by atoms with Gasteiger partial charge in [0.25, 0.3) is 0 Å². The Morgan fingerprint density at radius 1 is 1.58 bits per heavy atom. The van der Waals surface area contributed by atoms with E-state index in [2.05, 4.69) is 13.8 Å². The maximum atomic E-state index is 9.12. The van der Waals surface area contributed by atoms with Crippen LogP contribution in [0.15, 0.2) is 0 Å². The predicted octanol–water partition coefficient (Wildman–Crippen LogP) is 1.96. The van der Waals surface area contributed by atoms with E-state index in [0.29, 0.717) is 12.0 Å². The molecule has 0 bridgehead atoms. The van der Waals surface area contributed by atoms with Crippen molar-refractivity contribution < 1.29 is 9.84 Å². The molecule has 1 heterocycles. The molecule has 0 radical (unpaired) electrons. The van der Waals surface area contributed by atoms with Gasteiger partial charge < -0.3 is 9.84 Å². The van der Waals surface area contributed by atoms with Gasteiger partial charge in [-0.1, -0.05) is 13.8 Å². The van der Waals surface area contributed by atoms with Gasteiger partial charge in [0, 0.05) is 0 Å². The molecule has 12 heavy (non-hydrogen) atoms. The zero-order valence-electron chi connectivity index (χ0n) is 8.34. The van der Waals surface area contributed by atoms with Crippen molar-refractivity contribution in [1.29, 1.82) is 0 Å². The smallest absolute Gasteiger partial charge is 0.0888 e. The number of hydrogen-bond acceptors (Lipinski definition) is 2. The van der Waals surface area contributed by atoms with Crippen LogP contribution in [0.2, 0.25) is 0 Å². The van der Waals surface area contributed by atoms with E-state index in [4.69, 9.17) is 9.84 Å². The fourth-order valence-electron chi connectivity index (χ4n) is 1.75. The fourth-order valence-corrected chi connectivity index (χ4v) is 1.75. The summed E-state index contributed by atoms with van der Waals surface area (Å²) in [5.74, 6) is 0.566. The Bertz CT molecular complexity index is 145. The summed E-state index contributed by atoms with van der Waals surface area (Å²) in [5.41, 5.74) is -0.271. The van der Waals surface area contributed by atoms with Crippen LogP contribution in [-0.4, -0.2) is 23.4 Å². The van der Waals surface area contributed by atoms with Gasteiger partial charge in [-0.3, -0.25) is 0 Å². The molecule has 1 fully saturated rings. The Morgan fingerprint density at radius 3 is 2.75 bits per heavy atom. The quantitative estimate of drug-likeness (QED) is 0.690. The van der Waals surface area contributed by atoms with Crippen LogP contribution in [0, 0.1) is 5.92 Å². The zero-order valence-corrected chi connectivity index (χ0v) is 8.34. The van der Waals surface area contributed by atoms with Crippen molar-refractivity contribution in [3.63, 3.8) is 0 Å². The third kappa shape index (κ3) is 2.20. The third-order valence-electron chi connectivity index (χ3n) is 2.71. The average Bonchev–Trinajstić information content (AvgIpc) is 2.05. The second kappa shape index (κ2) is 3.75. The lowest BCUT2D eigenvalue weighted by Crippen LogP contribution is -2.42. The average molecular weight is 172 g/mol. The molecular formula is C10H20O2. The monoisotopic (exact) mass is 172 g/mol. The highest BCUT2D eigenvalue weighted by molar-refractivity contribution is 4.82. The Balaban J connectivity index is 2.51. The van der Waals surface area contributed by atoms with E-state index in [0.717, 1.165) is 12.8 Å². The van der Waals surface area contributed by atoms with Gasteiger partial charge in [-0.05, 0) is 32.1 Å². The first kappa shape index (κ1) is 10.0. The van der Waals surface area contributed by atoms with Crippen LogP contribution < -0.4 is 0 Å². The lowest BCUT2D eigenvalue weighted by Gasteiger charge is -2.39. The van der Waals surface area contributed by atoms with Gasteiger partial charge in [0.15, 0.2) is 0 Å². The molecule has 72 valence electrons. The van der Waals surface area contributed by atoms with Gasteiger partial charge >= 0.3 is 0 Å². The van der Waals surface area contributed by atoms with Gasteiger partial charge in [0.05, 0.1) is 18.3 Å². The molecule has 1 aliphatic rings. The maximum absolute atomic E-state index is 9.12. The van der Waals surface area contributed by atoms with Gasteiger partial charge in [0.1, 0.15) is 0 Å². The SMILES string of the molecule is CC(C)[C@H]1CCC[C@](C)(CO)O1. The summed E-state index contributed by atoms with van der Waals surface area (Å²) in [6, 6.07) is 0. The molecule has 2 nitrogen and oxygen atoms in total. The third-order valence-corrected chi connectivity index (χ3v) is 2.71. The molecule has 2 atom stereocenters. The molecule has 1 N–H and O–H groups in total. The van der Waals surface area contributed by atoms with Gasteiger partial charge in [-0.15, -0.1) is 0 Å². The summed E-state index contributed by atoms with van der Waals surface area (Å²) in [6.45, 7) is 6.50. The van der Waals surface area contributed by atoms with Crippen molar-refractivity contribution in [2.45, 2.75) is 51.7 Å². The first-order chi connectivity index (χ1) is 5.57. The van der Waals surface area contributed by atoms with Crippen molar-refractivity contribution in [3.8, 4) is 0 Å². The number of hydrogen-bond donors (Lipinski definition) is 1. The summed E-state index contributed by atoms with van der Waals surface area (Å²) in [7, 11) is 0. The maximum Gasteiger partial charge on any atom is 0.0888 e. The topological polar surface area (TPSA) is 29.5 Å². The molecule has 1 rings (SSSR count). The molecule has 0 spiro atoms.